The monoisotopic (exact) mass is 208 g/mol. The summed E-state index contributed by atoms with van der Waals surface area (Å²) in [6.07, 6.45) is 5.95. The van der Waals surface area contributed by atoms with Gasteiger partial charge in [-0.15, -0.1) is 0 Å². The van der Waals surface area contributed by atoms with Crippen molar-refractivity contribution < 1.29 is 0 Å². The Bertz CT molecular complexity index is 221. The molecule has 0 amide bonds. The van der Waals surface area contributed by atoms with E-state index in [9.17, 15) is 0 Å². The molecule has 0 aromatic heterocycles. The Morgan fingerprint density at radius 1 is 1.07 bits per heavy atom. The predicted octanol–water partition coefficient (Wildman–Crippen LogP) is 1.72. The standard InChI is InChI=1S/C13H24N2/c1-10-6-14-7-12(10)9-15(13-4-5-13)8-11-2-3-11/h10-14H,2-9H2,1H3. The van der Waals surface area contributed by atoms with Crippen molar-refractivity contribution >= 4 is 0 Å². The smallest absolute Gasteiger partial charge is 0.00966 e. The molecule has 3 fully saturated rings. The lowest BCUT2D eigenvalue weighted by Crippen LogP contribution is -2.35. The van der Waals surface area contributed by atoms with Crippen LogP contribution in [0.4, 0.5) is 0 Å². The van der Waals surface area contributed by atoms with Gasteiger partial charge in [0.15, 0.2) is 0 Å². The highest BCUT2D eigenvalue weighted by Gasteiger charge is 2.36. The first-order chi connectivity index (χ1) is 7.33. The van der Waals surface area contributed by atoms with Crippen molar-refractivity contribution in [3.63, 3.8) is 0 Å². The molecule has 2 heteroatoms. The average molecular weight is 208 g/mol. The van der Waals surface area contributed by atoms with Crippen molar-refractivity contribution in [3.8, 4) is 0 Å². The Balaban J connectivity index is 1.52. The second-order valence-electron chi connectivity index (χ2n) is 6.02. The SMILES string of the molecule is CC1CNCC1CN(CC1CC1)C1CC1. The van der Waals surface area contributed by atoms with Crippen LogP contribution in [0, 0.1) is 17.8 Å². The first kappa shape index (κ1) is 10.1. The van der Waals surface area contributed by atoms with E-state index >= 15 is 0 Å². The number of hydrogen-bond donors (Lipinski definition) is 1. The normalized spacial score (nSPS) is 36.4. The molecule has 2 unspecified atom stereocenters. The number of nitrogens with zero attached hydrogens (tertiary/aromatic N) is 1. The van der Waals surface area contributed by atoms with E-state index in [1.165, 1.54) is 51.9 Å². The summed E-state index contributed by atoms with van der Waals surface area (Å²) in [4.78, 5) is 2.81. The summed E-state index contributed by atoms with van der Waals surface area (Å²) in [5.41, 5.74) is 0. The number of rotatable bonds is 5. The molecule has 0 aromatic carbocycles. The maximum absolute atomic E-state index is 3.53. The summed E-state index contributed by atoms with van der Waals surface area (Å²) < 4.78 is 0. The largest absolute Gasteiger partial charge is 0.316 e. The highest BCUT2D eigenvalue weighted by atomic mass is 15.2. The molecule has 1 N–H and O–H groups in total. The summed E-state index contributed by atoms with van der Waals surface area (Å²) in [6.45, 7) is 7.69. The minimum absolute atomic E-state index is 0.894. The molecule has 15 heavy (non-hydrogen) atoms. The highest BCUT2D eigenvalue weighted by molar-refractivity contribution is 4.91. The zero-order valence-corrected chi connectivity index (χ0v) is 9.91. The van der Waals surface area contributed by atoms with Crippen LogP contribution in [0.25, 0.3) is 0 Å². The quantitative estimate of drug-likeness (QED) is 0.740. The first-order valence-corrected chi connectivity index (χ1v) is 6.77. The van der Waals surface area contributed by atoms with Crippen LogP contribution in [-0.2, 0) is 0 Å². The van der Waals surface area contributed by atoms with Gasteiger partial charge in [-0.1, -0.05) is 6.92 Å². The van der Waals surface area contributed by atoms with E-state index in [0.717, 1.165) is 23.8 Å². The molecule has 3 rings (SSSR count). The van der Waals surface area contributed by atoms with E-state index in [2.05, 4.69) is 17.1 Å². The van der Waals surface area contributed by atoms with Crippen LogP contribution >= 0.6 is 0 Å². The summed E-state index contributed by atoms with van der Waals surface area (Å²) in [7, 11) is 0. The second kappa shape index (κ2) is 4.06. The van der Waals surface area contributed by atoms with Gasteiger partial charge in [0, 0.05) is 19.1 Å². The molecule has 86 valence electrons. The van der Waals surface area contributed by atoms with Crippen LogP contribution < -0.4 is 5.32 Å². The summed E-state index contributed by atoms with van der Waals surface area (Å²) in [5.74, 6) is 2.88. The molecular weight excluding hydrogens is 184 g/mol. The molecule has 0 aromatic rings. The Labute approximate surface area is 93.4 Å². The zero-order chi connectivity index (χ0) is 10.3. The molecule has 1 heterocycles. The van der Waals surface area contributed by atoms with Gasteiger partial charge in [-0.05, 0) is 56.5 Å². The third kappa shape index (κ3) is 2.54. The molecule has 2 nitrogen and oxygen atoms in total. The minimum Gasteiger partial charge on any atom is -0.316 e. The van der Waals surface area contributed by atoms with Gasteiger partial charge in [-0.2, -0.15) is 0 Å². The lowest BCUT2D eigenvalue weighted by atomic mass is 9.97. The van der Waals surface area contributed by atoms with Crippen molar-refractivity contribution in [1.82, 2.24) is 10.2 Å². The Hall–Kier alpha value is -0.0800. The highest BCUT2D eigenvalue weighted by Crippen LogP contribution is 2.35. The molecular formula is C13H24N2. The van der Waals surface area contributed by atoms with Crippen molar-refractivity contribution in [2.24, 2.45) is 17.8 Å². The van der Waals surface area contributed by atoms with Crippen LogP contribution in [0.1, 0.15) is 32.6 Å². The lowest BCUT2D eigenvalue weighted by molar-refractivity contribution is 0.202. The van der Waals surface area contributed by atoms with Crippen molar-refractivity contribution in [2.45, 2.75) is 38.6 Å². The molecule has 0 bridgehead atoms. The fraction of sp³-hybridized carbons (Fsp3) is 1.00. The summed E-state index contributed by atoms with van der Waals surface area (Å²) >= 11 is 0. The van der Waals surface area contributed by atoms with Gasteiger partial charge in [-0.25, -0.2) is 0 Å². The maximum Gasteiger partial charge on any atom is 0.00966 e. The second-order valence-corrected chi connectivity index (χ2v) is 6.02. The van der Waals surface area contributed by atoms with Gasteiger partial charge in [-0.3, -0.25) is 4.90 Å². The van der Waals surface area contributed by atoms with E-state index in [-0.39, 0.29) is 0 Å². The molecule has 0 spiro atoms. The van der Waals surface area contributed by atoms with E-state index in [4.69, 9.17) is 0 Å². The van der Waals surface area contributed by atoms with Crippen LogP contribution in [0.2, 0.25) is 0 Å². The average Bonchev–Trinajstić information content (AvgIpc) is 3.10. The van der Waals surface area contributed by atoms with E-state index in [1.807, 2.05) is 0 Å². The fourth-order valence-electron chi connectivity index (χ4n) is 2.85. The fourth-order valence-corrected chi connectivity index (χ4v) is 2.85. The lowest BCUT2D eigenvalue weighted by Gasteiger charge is -2.27. The third-order valence-corrected chi connectivity index (χ3v) is 4.40. The number of nitrogens with one attached hydrogen (secondary N) is 1. The predicted molar refractivity (Wildman–Crippen MR) is 62.8 cm³/mol. The van der Waals surface area contributed by atoms with Crippen molar-refractivity contribution in [1.29, 1.82) is 0 Å². The van der Waals surface area contributed by atoms with Crippen molar-refractivity contribution in [2.75, 3.05) is 26.2 Å². The van der Waals surface area contributed by atoms with Crippen LogP contribution in [0.5, 0.6) is 0 Å². The number of hydrogen-bond acceptors (Lipinski definition) is 2. The molecule has 0 radical (unpaired) electrons. The topological polar surface area (TPSA) is 15.3 Å². The van der Waals surface area contributed by atoms with E-state index < -0.39 is 0 Å². The van der Waals surface area contributed by atoms with Gasteiger partial charge < -0.3 is 5.32 Å². The molecule has 3 aliphatic rings. The maximum atomic E-state index is 3.53. The van der Waals surface area contributed by atoms with Gasteiger partial charge in [0.05, 0.1) is 0 Å². The molecule has 2 saturated carbocycles. The summed E-state index contributed by atoms with van der Waals surface area (Å²) in [6, 6.07) is 0.971. The Morgan fingerprint density at radius 2 is 1.87 bits per heavy atom. The molecule has 1 aliphatic heterocycles. The van der Waals surface area contributed by atoms with Crippen LogP contribution in [0.15, 0.2) is 0 Å². The van der Waals surface area contributed by atoms with Crippen molar-refractivity contribution in [3.05, 3.63) is 0 Å². The summed E-state index contributed by atoms with van der Waals surface area (Å²) in [5, 5.41) is 3.53. The molecule has 2 aliphatic carbocycles. The Morgan fingerprint density at radius 3 is 2.40 bits per heavy atom. The van der Waals surface area contributed by atoms with Crippen LogP contribution in [0.3, 0.4) is 0 Å². The third-order valence-electron chi connectivity index (χ3n) is 4.40. The van der Waals surface area contributed by atoms with Gasteiger partial charge >= 0.3 is 0 Å². The van der Waals surface area contributed by atoms with E-state index in [0.29, 0.717) is 0 Å². The minimum atomic E-state index is 0.894. The Kier molecular flexibility index (Phi) is 2.73. The molecule has 2 atom stereocenters. The van der Waals surface area contributed by atoms with Gasteiger partial charge in [0.25, 0.3) is 0 Å². The van der Waals surface area contributed by atoms with Gasteiger partial charge in [0.2, 0.25) is 0 Å². The van der Waals surface area contributed by atoms with Gasteiger partial charge in [0.1, 0.15) is 0 Å². The van der Waals surface area contributed by atoms with E-state index in [1.54, 1.807) is 0 Å². The van der Waals surface area contributed by atoms with Crippen LogP contribution in [-0.4, -0.2) is 37.1 Å². The zero-order valence-electron chi connectivity index (χ0n) is 9.91. The molecule has 1 saturated heterocycles. The first-order valence-electron chi connectivity index (χ1n) is 6.77.